The lowest BCUT2D eigenvalue weighted by Gasteiger charge is -2.23. The van der Waals surface area contributed by atoms with E-state index in [2.05, 4.69) is 9.97 Å². The third-order valence-corrected chi connectivity index (χ3v) is 3.79. The first-order chi connectivity index (χ1) is 9.47. The summed E-state index contributed by atoms with van der Waals surface area (Å²) in [6, 6.07) is 1.77. The Hall–Kier alpha value is -1.85. The van der Waals surface area contributed by atoms with Crippen molar-refractivity contribution in [3.8, 4) is 5.88 Å². The van der Waals surface area contributed by atoms with E-state index >= 15 is 0 Å². The number of carboxylic acids is 1. The van der Waals surface area contributed by atoms with E-state index in [0.29, 0.717) is 31.8 Å². The van der Waals surface area contributed by atoms with Crippen molar-refractivity contribution in [3.05, 3.63) is 12.4 Å². The molecule has 0 saturated carbocycles. The number of hydrogen-bond donors (Lipinski definition) is 1. The molecule has 1 aromatic heterocycles. The van der Waals surface area contributed by atoms with Crippen LogP contribution in [0.15, 0.2) is 12.4 Å². The molecule has 1 fully saturated rings. The molecule has 2 heterocycles. The molecular formula is C14H21N3O3. The van der Waals surface area contributed by atoms with Crippen molar-refractivity contribution in [2.75, 3.05) is 18.0 Å². The van der Waals surface area contributed by atoms with Crippen LogP contribution in [-0.4, -0.2) is 40.2 Å². The normalized spacial score (nSPS) is 22.3. The molecule has 1 unspecified atom stereocenters. The first kappa shape index (κ1) is 14.6. The van der Waals surface area contributed by atoms with Crippen LogP contribution in [0.5, 0.6) is 5.88 Å². The summed E-state index contributed by atoms with van der Waals surface area (Å²) in [4.78, 5) is 21.7. The molecule has 0 radical (unpaired) electrons. The van der Waals surface area contributed by atoms with Gasteiger partial charge in [-0.25, -0.2) is 9.97 Å². The highest BCUT2D eigenvalue weighted by molar-refractivity contribution is 5.76. The standard InChI is InChI=1S/C14H21N3O3/c1-4-14(13(18)19)5-6-17(8-14)11-7-12(16-9-15-11)20-10(2)3/h7,9-10H,4-6,8H2,1-3H3,(H,18,19). The number of hydrogen-bond acceptors (Lipinski definition) is 5. The zero-order valence-corrected chi connectivity index (χ0v) is 12.2. The van der Waals surface area contributed by atoms with Gasteiger partial charge in [-0.1, -0.05) is 6.92 Å². The Morgan fingerprint density at radius 1 is 1.55 bits per heavy atom. The Labute approximate surface area is 118 Å². The van der Waals surface area contributed by atoms with Crippen molar-refractivity contribution in [1.29, 1.82) is 0 Å². The molecule has 6 nitrogen and oxygen atoms in total. The highest BCUT2D eigenvalue weighted by Gasteiger charge is 2.43. The topological polar surface area (TPSA) is 75.5 Å². The summed E-state index contributed by atoms with van der Waals surface area (Å²) < 4.78 is 5.55. The van der Waals surface area contributed by atoms with Crippen molar-refractivity contribution in [3.63, 3.8) is 0 Å². The molecule has 0 amide bonds. The molecule has 0 aliphatic carbocycles. The Balaban J connectivity index is 2.15. The third-order valence-electron chi connectivity index (χ3n) is 3.79. The van der Waals surface area contributed by atoms with E-state index in [0.717, 1.165) is 5.82 Å². The minimum Gasteiger partial charge on any atom is -0.481 e. The van der Waals surface area contributed by atoms with E-state index in [9.17, 15) is 9.90 Å². The fourth-order valence-electron chi connectivity index (χ4n) is 2.49. The van der Waals surface area contributed by atoms with Gasteiger partial charge < -0.3 is 14.7 Å². The van der Waals surface area contributed by atoms with Crippen LogP contribution in [0.1, 0.15) is 33.6 Å². The summed E-state index contributed by atoms with van der Waals surface area (Å²) in [6.07, 6.45) is 2.77. The van der Waals surface area contributed by atoms with Crippen LogP contribution in [0.4, 0.5) is 5.82 Å². The van der Waals surface area contributed by atoms with Gasteiger partial charge in [-0.2, -0.15) is 0 Å². The van der Waals surface area contributed by atoms with E-state index in [1.165, 1.54) is 6.33 Å². The van der Waals surface area contributed by atoms with Gasteiger partial charge in [0.15, 0.2) is 0 Å². The monoisotopic (exact) mass is 279 g/mol. The number of aromatic nitrogens is 2. The fraction of sp³-hybridized carbons (Fsp3) is 0.643. The lowest BCUT2D eigenvalue weighted by atomic mass is 9.84. The molecule has 0 spiro atoms. The largest absolute Gasteiger partial charge is 0.481 e. The second kappa shape index (κ2) is 5.64. The number of aliphatic carboxylic acids is 1. The maximum Gasteiger partial charge on any atom is 0.311 e. The average molecular weight is 279 g/mol. The Kier molecular flexibility index (Phi) is 4.11. The number of ether oxygens (including phenoxy) is 1. The van der Waals surface area contributed by atoms with Crippen molar-refractivity contribution >= 4 is 11.8 Å². The highest BCUT2D eigenvalue weighted by Crippen LogP contribution is 2.36. The number of rotatable bonds is 5. The van der Waals surface area contributed by atoms with E-state index in [1.807, 2.05) is 25.7 Å². The van der Waals surface area contributed by atoms with Crippen LogP contribution in [0.3, 0.4) is 0 Å². The Morgan fingerprint density at radius 3 is 2.85 bits per heavy atom. The van der Waals surface area contributed by atoms with Crippen LogP contribution in [0, 0.1) is 5.41 Å². The first-order valence-corrected chi connectivity index (χ1v) is 6.94. The summed E-state index contributed by atoms with van der Waals surface area (Å²) in [6.45, 7) is 6.97. The molecule has 1 aliphatic heterocycles. The molecule has 1 N–H and O–H groups in total. The lowest BCUT2D eigenvalue weighted by molar-refractivity contribution is -0.147. The minimum atomic E-state index is -0.727. The van der Waals surface area contributed by atoms with E-state index in [-0.39, 0.29) is 6.10 Å². The van der Waals surface area contributed by atoms with Gasteiger partial charge in [0.2, 0.25) is 5.88 Å². The number of anilines is 1. The molecular weight excluding hydrogens is 258 g/mol. The average Bonchev–Trinajstić information content (AvgIpc) is 2.84. The van der Waals surface area contributed by atoms with Crippen LogP contribution in [0.25, 0.3) is 0 Å². The van der Waals surface area contributed by atoms with E-state index < -0.39 is 11.4 Å². The molecule has 1 aliphatic rings. The first-order valence-electron chi connectivity index (χ1n) is 6.94. The second-order valence-corrected chi connectivity index (χ2v) is 5.49. The SMILES string of the molecule is CCC1(C(=O)O)CCN(c2cc(OC(C)C)ncn2)C1. The van der Waals surface area contributed by atoms with Crippen LogP contribution < -0.4 is 9.64 Å². The summed E-state index contributed by atoms with van der Waals surface area (Å²) >= 11 is 0. The van der Waals surface area contributed by atoms with Crippen molar-refractivity contribution in [1.82, 2.24) is 9.97 Å². The number of carbonyl (C=O) groups is 1. The van der Waals surface area contributed by atoms with E-state index in [1.54, 1.807) is 6.07 Å². The highest BCUT2D eigenvalue weighted by atomic mass is 16.5. The van der Waals surface area contributed by atoms with Crippen LogP contribution >= 0.6 is 0 Å². The maximum absolute atomic E-state index is 11.5. The summed E-state index contributed by atoms with van der Waals surface area (Å²) in [5.41, 5.74) is -0.663. The summed E-state index contributed by atoms with van der Waals surface area (Å²) in [5.74, 6) is 0.525. The van der Waals surface area contributed by atoms with Gasteiger partial charge in [-0.05, 0) is 26.7 Å². The smallest absolute Gasteiger partial charge is 0.311 e. The molecule has 20 heavy (non-hydrogen) atoms. The van der Waals surface area contributed by atoms with Gasteiger partial charge in [0.1, 0.15) is 12.1 Å². The van der Waals surface area contributed by atoms with Gasteiger partial charge in [0.05, 0.1) is 11.5 Å². The van der Waals surface area contributed by atoms with Crippen molar-refractivity contribution in [2.45, 2.75) is 39.7 Å². The molecule has 110 valence electrons. The molecule has 0 aromatic carbocycles. The van der Waals surface area contributed by atoms with Gasteiger partial charge in [0, 0.05) is 19.2 Å². The maximum atomic E-state index is 11.5. The summed E-state index contributed by atoms with van der Waals surface area (Å²) in [7, 11) is 0. The molecule has 1 saturated heterocycles. The van der Waals surface area contributed by atoms with Gasteiger partial charge in [-0.3, -0.25) is 4.79 Å². The fourth-order valence-corrected chi connectivity index (χ4v) is 2.49. The van der Waals surface area contributed by atoms with Gasteiger partial charge in [-0.15, -0.1) is 0 Å². The summed E-state index contributed by atoms with van der Waals surface area (Å²) in [5, 5.41) is 9.42. The molecule has 6 heteroatoms. The zero-order valence-electron chi connectivity index (χ0n) is 12.2. The van der Waals surface area contributed by atoms with Crippen molar-refractivity contribution < 1.29 is 14.6 Å². The Morgan fingerprint density at radius 2 is 2.30 bits per heavy atom. The van der Waals surface area contributed by atoms with Gasteiger partial charge in [0.25, 0.3) is 0 Å². The molecule has 1 atom stereocenters. The second-order valence-electron chi connectivity index (χ2n) is 5.49. The Bertz CT molecular complexity index is 492. The minimum absolute atomic E-state index is 0.0464. The number of nitrogens with zero attached hydrogens (tertiary/aromatic N) is 3. The third kappa shape index (κ3) is 2.84. The van der Waals surface area contributed by atoms with Gasteiger partial charge >= 0.3 is 5.97 Å². The zero-order chi connectivity index (χ0) is 14.8. The predicted molar refractivity (Wildman–Crippen MR) is 75.0 cm³/mol. The predicted octanol–water partition coefficient (Wildman–Crippen LogP) is 1.95. The number of carboxylic acid groups (broad SMARTS) is 1. The van der Waals surface area contributed by atoms with Crippen molar-refractivity contribution in [2.24, 2.45) is 5.41 Å². The quantitative estimate of drug-likeness (QED) is 0.888. The molecule has 1 aromatic rings. The van der Waals surface area contributed by atoms with E-state index in [4.69, 9.17) is 4.74 Å². The van der Waals surface area contributed by atoms with Crippen LogP contribution in [-0.2, 0) is 4.79 Å². The molecule has 0 bridgehead atoms. The van der Waals surface area contributed by atoms with Crippen LogP contribution in [0.2, 0.25) is 0 Å². The molecule has 2 rings (SSSR count). The lowest BCUT2D eigenvalue weighted by Crippen LogP contribution is -2.34.